The lowest BCUT2D eigenvalue weighted by Crippen LogP contribution is -2.24. The number of nitrogens with one attached hydrogen (secondary N) is 2. The van der Waals surface area contributed by atoms with Gasteiger partial charge in [0, 0.05) is 30.5 Å². The summed E-state index contributed by atoms with van der Waals surface area (Å²) in [6, 6.07) is 11.2. The van der Waals surface area contributed by atoms with Crippen LogP contribution in [-0.4, -0.2) is 24.5 Å². The van der Waals surface area contributed by atoms with Gasteiger partial charge in [-0.05, 0) is 24.6 Å². The zero-order valence-corrected chi connectivity index (χ0v) is 12.9. The molecule has 22 heavy (non-hydrogen) atoms. The topological polar surface area (TPSA) is 63.2 Å². The Bertz CT molecular complexity index is 629. The number of carbonyl (C=O) groups excluding carboxylic acids is 1. The van der Waals surface area contributed by atoms with Crippen molar-refractivity contribution in [1.29, 1.82) is 0 Å². The smallest absolute Gasteiger partial charge is 0.270 e. The van der Waals surface area contributed by atoms with Crippen LogP contribution in [0.4, 0.5) is 5.69 Å². The summed E-state index contributed by atoms with van der Waals surface area (Å²) in [6.45, 7) is 3.36. The maximum absolute atomic E-state index is 12.2. The van der Waals surface area contributed by atoms with Gasteiger partial charge in [-0.3, -0.25) is 9.78 Å². The molecular formula is C17H21N3O2. The van der Waals surface area contributed by atoms with Gasteiger partial charge in [-0.1, -0.05) is 25.1 Å². The quantitative estimate of drug-likeness (QED) is 0.825. The molecule has 0 aliphatic rings. The highest BCUT2D eigenvalue weighted by Gasteiger charge is 2.09. The zero-order valence-electron chi connectivity index (χ0n) is 12.9. The van der Waals surface area contributed by atoms with Gasteiger partial charge in [0.05, 0.1) is 7.11 Å². The van der Waals surface area contributed by atoms with Crippen molar-refractivity contribution in [2.75, 3.05) is 19.0 Å². The average Bonchev–Trinajstić information content (AvgIpc) is 2.58. The van der Waals surface area contributed by atoms with Crippen LogP contribution >= 0.6 is 0 Å². The van der Waals surface area contributed by atoms with Crippen molar-refractivity contribution < 1.29 is 9.53 Å². The number of benzene rings is 1. The fourth-order valence-corrected chi connectivity index (χ4v) is 2.05. The van der Waals surface area contributed by atoms with E-state index in [0.29, 0.717) is 12.2 Å². The third kappa shape index (κ3) is 4.22. The van der Waals surface area contributed by atoms with Crippen molar-refractivity contribution in [3.8, 4) is 5.75 Å². The van der Waals surface area contributed by atoms with E-state index in [1.165, 1.54) is 0 Å². The number of para-hydroxylation sites is 1. The van der Waals surface area contributed by atoms with E-state index in [9.17, 15) is 4.79 Å². The monoisotopic (exact) mass is 299 g/mol. The average molecular weight is 299 g/mol. The number of amides is 1. The molecular weight excluding hydrogens is 278 g/mol. The number of carbonyl (C=O) groups is 1. The molecule has 0 atom stereocenters. The van der Waals surface area contributed by atoms with Crippen LogP contribution in [0.2, 0.25) is 0 Å². The van der Waals surface area contributed by atoms with Gasteiger partial charge in [-0.2, -0.15) is 0 Å². The van der Waals surface area contributed by atoms with Gasteiger partial charge in [0.1, 0.15) is 11.4 Å². The molecule has 0 aliphatic heterocycles. The van der Waals surface area contributed by atoms with E-state index in [2.05, 4.69) is 22.5 Å². The number of aromatic nitrogens is 1. The molecule has 116 valence electrons. The summed E-state index contributed by atoms with van der Waals surface area (Å²) in [4.78, 5) is 16.3. The fraction of sp³-hybridized carbons (Fsp3) is 0.294. The Hall–Kier alpha value is -2.56. The van der Waals surface area contributed by atoms with E-state index in [0.717, 1.165) is 30.0 Å². The van der Waals surface area contributed by atoms with Crippen LogP contribution in [0.5, 0.6) is 5.75 Å². The van der Waals surface area contributed by atoms with Crippen molar-refractivity contribution in [2.24, 2.45) is 0 Å². The van der Waals surface area contributed by atoms with E-state index in [4.69, 9.17) is 4.74 Å². The van der Waals surface area contributed by atoms with Crippen LogP contribution in [0.1, 0.15) is 29.4 Å². The van der Waals surface area contributed by atoms with Crippen molar-refractivity contribution in [3.05, 3.63) is 53.9 Å². The standard InChI is InChI=1S/C17H21N3O2/c1-3-9-18-14-8-10-19-15(11-14)17(21)20-12-13-6-4-5-7-16(13)22-2/h4-8,10-11H,3,9,12H2,1-2H3,(H,18,19)(H,20,21). The molecule has 0 saturated heterocycles. The maximum Gasteiger partial charge on any atom is 0.270 e. The van der Waals surface area contributed by atoms with Gasteiger partial charge in [-0.25, -0.2) is 0 Å². The molecule has 1 heterocycles. The first-order chi connectivity index (χ1) is 10.7. The van der Waals surface area contributed by atoms with E-state index < -0.39 is 0 Å². The molecule has 0 bridgehead atoms. The SMILES string of the molecule is CCCNc1ccnc(C(=O)NCc2ccccc2OC)c1. The van der Waals surface area contributed by atoms with Crippen LogP contribution in [0, 0.1) is 0 Å². The molecule has 0 radical (unpaired) electrons. The highest BCUT2D eigenvalue weighted by Crippen LogP contribution is 2.17. The van der Waals surface area contributed by atoms with Crippen LogP contribution in [0.25, 0.3) is 0 Å². The van der Waals surface area contributed by atoms with E-state index >= 15 is 0 Å². The molecule has 0 spiro atoms. The van der Waals surface area contributed by atoms with Crippen molar-refractivity contribution in [2.45, 2.75) is 19.9 Å². The van der Waals surface area contributed by atoms with Gasteiger partial charge in [0.2, 0.25) is 0 Å². The number of rotatable bonds is 7. The summed E-state index contributed by atoms with van der Waals surface area (Å²) in [5.41, 5.74) is 2.23. The molecule has 0 aliphatic carbocycles. The van der Waals surface area contributed by atoms with Crippen LogP contribution in [0.3, 0.4) is 0 Å². The third-order valence-corrected chi connectivity index (χ3v) is 3.20. The van der Waals surface area contributed by atoms with Gasteiger partial charge in [0.15, 0.2) is 0 Å². The first-order valence-electron chi connectivity index (χ1n) is 7.34. The maximum atomic E-state index is 12.2. The van der Waals surface area contributed by atoms with Gasteiger partial charge in [-0.15, -0.1) is 0 Å². The number of methoxy groups -OCH3 is 1. The first-order valence-corrected chi connectivity index (χ1v) is 7.34. The number of ether oxygens (including phenoxy) is 1. The highest BCUT2D eigenvalue weighted by atomic mass is 16.5. The van der Waals surface area contributed by atoms with Gasteiger partial charge in [0.25, 0.3) is 5.91 Å². The summed E-state index contributed by atoms with van der Waals surface area (Å²) >= 11 is 0. The first kappa shape index (κ1) is 15.8. The Morgan fingerprint density at radius 3 is 2.86 bits per heavy atom. The van der Waals surface area contributed by atoms with Gasteiger partial charge >= 0.3 is 0 Å². The second-order valence-electron chi connectivity index (χ2n) is 4.85. The zero-order chi connectivity index (χ0) is 15.8. The van der Waals surface area contributed by atoms with E-state index in [1.54, 1.807) is 19.4 Å². The Morgan fingerprint density at radius 2 is 2.09 bits per heavy atom. The summed E-state index contributed by atoms with van der Waals surface area (Å²) in [5.74, 6) is 0.556. The van der Waals surface area contributed by atoms with Crippen molar-refractivity contribution >= 4 is 11.6 Å². The molecule has 1 amide bonds. The second-order valence-corrected chi connectivity index (χ2v) is 4.85. The largest absolute Gasteiger partial charge is 0.496 e. The lowest BCUT2D eigenvalue weighted by molar-refractivity contribution is 0.0945. The molecule has 1 aromatic heterocycles. The molecule has 2 rings (SSSR count). The second kappa shape index (κ2) is 8.02. The molecule has 0 unspecified atom stereocenters. The number of anilines is 1. The lowest BCUT2D eigenvalue weighted by Gasteiger charge is -2.10. The van der Waals surface area contributed by atoms with Crippen LogP contribution in [0.15, 0.2) is 42.6 Å². The third-order valence-electron chi connectivity index (χ3n) is 3.20. The van der Waals surface area contributed by atoms with Crippen LogP contribution in [-0.2, 0) is 6.54 Å². The lowest BCUT2D eigenvalue weighted by atomic mass is 10.2. The Morgan fingerprint density at radius 1 is 1.27 bits per heavy atom. The van der Waals surface area contributed by atoms with Crippen molar-refractivity contribution in [3.63, 3.8) is 0 Å². The van der Waals surface area contributed by atoms with Crippen molar-refractivity contribution in [1.82, 2.24) is 10.3 Å². The van der Waals surface area contributed by atoms with Gasteiger partial charge < -0.3 is 15.4 Å². The predicted octanol–water partition coefficient (Wildman–Crippen LogP) is 2.84. The summed E-state index contributed by atoms with van der Waals surface area (Å²) in [5, 5.41) is 6.11. The molecule has 2 N–H and O–H groups in total. The molecule has 0 fully saturated rings. The Balaban J connectivity index is 2.00. The summed E-state index contributed by atoms with van der Waals surface area (Å²) in [7, 11) is 1.62. The summed E-state index contributed by atoms with van der Waals surface area (Å²) in [6.07, 6.45) is 2.66. The highest BCUT2D eigenvalue weighted by molar-refractivity contribution is 5.93. The minimum absolute atomic E-state index is 0.203. The minimum atomic E-state index is -0.203. The number of pyridine rings is 1. The summed E-state index contributed by atoms with van der Waals surface area (Å²) < 4.78 is 5.27. The predicted molar refractivity (Wildman–Crippen MR) is 87.2 cm³/mol. The fourth-order valence-electron chi connectivity index (χ4n) is 2.05. The number of nitrogens with zero attached hydrogens (tertiary/aromatic N) is 1. The van der Waals surface area contributed by atoms with E-state index in [-0.39, 0.29) is 5.91 Å². The molecule has 1 aromatic carbocycles. The molecule has 2 aromatic rings. The number of hydrogen-bond acceptors (Lipinski definition) is 4. The van der Waals surface area contributed by atoms with E-state index in [1.807, 2.05) is 30.3 Å². The molecule has 5 heteroatoms. The normalized spacial score (nSPS) is 10.1. The Kier molecular flexibility index (Phi) is 5.77. The molecule has 0 saturated carbocycles. The Labute approximate surface area is 130 Å². The minimum Gasteiger partial charge on any atom is -0.496 e. The molecule has 5 nitrogen and oxygen atoms in total. The number of hydrogen-bond donors (Lipinski definition) is 2. The van der Waals surface area contributed by atoms with Crippen LogP contribution < -0.4 is 15.4 Å².